The lowest BCUT2D eigenvalue weighted by atomic mass is 10.0. The Labute approximate surface area is 124 Å². The zero-order chi connectivity index (χ0) is 13.8. The van der Waals surface area contributed by atoms with Crippen LogP contribution in [0, 0.1) is 11.3 Å². The van der Waals surface area contributed by atoms with Gasteiger partial charge in [0.05, 0.1) is 16.4 Å². The van der Waals surface area contributed by atoms with Gasteiger partial charge in [-0.1, -0.05) is 18.5 Å². The average Bonchev–Trinajstić information content (AvgIpc) is 3.16. The summed E-state index contributed by atoms with van der Waals surface area (Å²) in [5.41, 5.74) is 6.34. The van der Waals surface area contributed by atoms with Crippen LogP contribution >= 0.6 is 22.9 Å². The van der Waals surface area contributed by atoms with E-state index in [1.165, 1.54) is 17.7 Å². The number of thiophene rings is 1. The molecule has 0 radical (unpaired) electrons. The molecule has 5 heteroatoms. The third-order valence-electron chi connectivity index (χ3n) is 3.62. The van der Waals surface area contributed by atoms with Crippen molar-refractivity contribution in [2.24, 2.45) is 5.73 Å². The molecule has 1 aromatic heterocycles. The lowest BCUT2D eigenvalue weighted by molar-refractivity contribution is 0.166. The van der Waals surface area contributed by atoms with E-state index < -0.39 is 0 Å². The summed E-state index contributed by atoms with van der Waals surface area (Å²) < 4.78 is 0.805. The number of nitriles is 1. The molecule has 104 valence electrons. The van der Waals surface area contributed by atoms with Crippen LogP contribution in [0.4, 0.5) is 0 Å². The van der Waals surface area contributed by atoms with Gasteiger partial charge >= 0.3 is 0 Å². The Morgan fingerprint density at radius 3 is 2.79 bits per heavy atom. The van der Waals surface area contributed by atoms with Crippen LogP contribution in [0.25, 0.3) is 0 Å². The van der Waals surface area contributed by atoms with Crippen LogP contribution in [0.2, 0.25) is 4.34 Å². The molecule has 1 aromatic rings. The second kappa shape index (κ2) is 6.71. The molecule has 0 saturated heterocycles. The number of hydrogen-bond acceptors (Lipinski definition) is 4. The van der Waals surface area contributed by atoms with Crippen LogP contribution in [0.5, 0.6) is 0 Å². The topological polar surface area (TPSA) is 53.0 Å². The van der Waals surface area contributed by atoms with Crippen LogP contribution in [-0.4, -0.2) is 23.5 Å². The molecule has 2 N–H and O–H groups in total. The summed E-state index contributed by atoms with van der Waals surface area (Å²) in [6, 6.07) is 7.14. The molecular weight excluding hydrogens is 278 g/mol. The molecule has 2 unspecified atom stereocenters. The van der Waals surface area contributed by atoms with Crippen LogP contribution in [0.3, 0.4) is 0 Å². The first-order valence-corrected chi connectivity index (χ1v) is 8.00. The lowest BCUT2D eigenvalue weighted by Gasteiger charge is -2.34. The zero-order valence-electron chi connectivity index (χ0n) is 11.2. The van der Waals surface area contributed by atoms with Gasteiger partial charge in [0.15, 0.2) is 0 Å². The van der Waals surface area contributed by atoms with E-state index in [4.69, 9.17) is 22.6 Å². The summed E-state index contributed by atoms with van der Waals surface area (Å²) >= 11 is 7.67. The van der Waals surface area contributed by atoms with Gasteiger partial charge in [-0.05, 0) is 31.4 Å². The van der Waals surface area contributed by atoms with Crippen LogP contribution < -0.4 is 5.73 Å². The second-order valence-corrected chi connectivity index (χ2v) is 6.78. The molecule has 1 saturated carbocycles. The van der Waals surface area contributed by atoms with Crippen molar-refractivity contribution in [3.05, 3.63) is 21.3 Å². The van der Waals surface area contributed by atoms with E-state index in [-0.39, 0.29) is 12.1 Å². The van der Waals surface area contributed by atoms with Gasteiger partial charge in [0, 0.05) is 29.9 Å². The molecule has 19 heavy (non-hydrogen) atoms. The molecule has 3 nitrogen and oxygen atoms in total. The number of halogens is 1. The summed E-state index contributed by atoms with van der Waals surface area (Å²) in [6.45, 7) is 2.91. The highest BCUT2D eigenvalue weighted by molar-refractivity contribution is 7.16. The summed E-state index contributed by atoms with van der Waals surface area (Å²) in [4.78, 5) is 3.64. The van der Waals surface area contributed by atoms with Crippen LogP contribution in [-0.2, 0) is 0 Å². The largest absolute Gasteiger partial charge is 0.326 e. The molecule has 2 rings (SSSR count). The molecule has 1 heterocycles. The SMILES string of the molecule is CCC(N)C(c1ccc(Cl)s1)N(CCC#N)C1CC1. The van der Waals surface area contributed by atoms with E-state index >= 15 is 0 Å². The summed E-state index contributed by atoms with van der Waals surface area (Å²) in [7, 11) is 0. The molecule has 1 aliphatic rings. The summed E-state index contributed by atoms with van der Waals surface area (Å²) in [6.07, 6.45) is 3.92. The number of rotatable bonds is 7. The minimum absolute atomic E-state index is 0.0917. The monoisotopic (exact) mass is 297 g/mol. The molecule has 0 spiro atoms. The van der Waals surface area contributed by atoms with Crippen LogP contribution in [0.15, 0.2) is 12.1 Å². The minimum Gasteiger partial charge on any atom is -0.326 e. The number of hydrogen-bond donors (Lipinski definition) is 1. The van der Waals surface area contributed by atoms with Gasteiger partial charge in [-0.25, -0.2) is 0 Å². The molecule has 0 aromatic carbocycles. The lowest BCUT2D eigenvalue weighted by Crippen LogP contribution is -2.42. The van der Waals surface area contributed by atoms with Crippen molar-refractivity contribution in [3.8, 4) is 6.07 Å². The summed E-state index contributed by atoms with van der Waals surface area (Å²) in [5, 5.41) is 8.84. The normalized spacial score (nSPS) is 18.3. The predicted octanol–water partition coefficient (Wildman–Crippen LogP) is 3.56. The maximum atomic E-state index is 8.84. The van der Waals surface area contributed by atoms with Crippen molar-refractivity contribution in [2.45, 2.75) is 50.7 Å². The third kappa shape index (κ3) is 3.70. The quantitative estimate of drug-likeness (QED) is 0.837. The first-order valence-electron chi connectivity index (χ1n) is 6.80. The van der Waals surface area contributed by atoms with Crippen molar-refractivity contribution in [3.63, 3.8) is 0 Å². The molecule has 0 aliphatic heterocycles. The first-order chi connectivity index (χ1) is 9.17. The van der Waals surface area contributed by atoms with Crippen LogP contribution in [0.1, 0.15) is 43.5 Å². The molecule has 1 fully saturated rings. The van der Waals surface area contributed by atoms with Gasteiger partial charge < -0.3 is 5.73 Å². The van der Waals surface area contributed by atoms with Gasteiger partial charge in [0.1, 0.15) is 0 Å². The Morgan fingerprint density at radius 2 is 2.32 bits per heavy atom. The smallest absolute Gasteiger partial charge is 0.0931 e. The van der Waals surface area contributed by atoms with Gasteiger partial charge in [0.2, 0.25) is 0 Å². The maximum absolute atomic E-state index is 8.84. The van der Waals surface area contributed by atoms with Crippen molar-refractivity contribution >= 4 is 22.9 Å². The highest BCUT2D eigenvalue weighted by Gasteiger charge is 2.37. The second-order valence-electron chi connectivity index (χ2n) is 5.04. The Balaban J connectivity index is 2.22. The summed E-state index contributed by atoms with van der Waals surface area (Å²) in [5.74, 6) is 0. The van der Waals surface area contributed by atoms with Crippen molar-refractivity contribution in [2.75, 3.05) is 6.54 Å². The highest BCUT2D eigenvalue weighted by atomic mass is 35.5. The number of nitrogens with zero attached hydrogens (tertiary/aromatic N) is 2. The Kier molecular flexibility index (Phi) is 5.23. The predicted molar refractivity (Wildman–Crippen MR) is 80.3 cm³/mol. The molecule has 0 amide bonds. The Bertz CT molecular complexity index is 450. The van der Waals surface area contributed by atoms with Gasteiger partial charge in [-0.15, -0.1) is 11.3 Å². The molecule has 0 bridgehead atoms. The van der Waals surface area contributed by atoms with E-state index in [1.54, 1.807) is 11.3 Å². The maximum Gasteiger partial charge on any atom is 0.0931 e. The van der Waals surface area contributed by atoms with Crippen molar-refractivity contribution in [1.29, 1.82) is 5.26 Å². The molecular formula is C14H20ClN3S. The third-order valence-corrected chi connectivity index (χ3v) is 4.92. The van der Waals surface area contributed by atoms with E-state index in [2.05, 4.69) is 24.0 Å². The zero-order valence-corrected chi connectivity index (χ0v) is 12.8. The van der Waals surface area contributed by atoms with Gasteiger partial charge in [0.25, 0.3) is 0 Å². The average molecular weight is 298 g/mol. The fourth-order valence-electron chi connectivity index (χ4n) is 2.46. The Morgan fingerprint density at radius 1 is 1.58 bits per heavy atom. The fourth-order valence-corrected chi connectivity index (χ4v) is 3.72. The first kappa shape index (κ1) is 14.8. The van der Waals surface area contributed by atoms with Gasteiger partial charge in [-0.3, -0.25) is 4.90 Å². The van der Waals surface area contributed by atoms with E-state index in [0.29, 0.717) is 12.5 Å². The van der Waals surface area contributed by atoms with E-state index in [0.717, 1.165) is 17.3 Å². The Hall–Kier alpha value is -0.600. The fraction of sp³-hybridized carbons (Fsp3) is 0.643. The molecule has 2 atom stereocenters. The van der Waals surface area contributed by atoms with Crippen molar-refractivity contribution < 1.29 is 0 Å². The minimum atomic E-state index is 0.0917. The van der Waals surface area contributed by atoms with E-state index in [1.807, 2.05) is 6.07 Å². The standard InChI is InChI=1S/C14H20ClN3S/c1-2-11(17)14(12-6-7-13(15)19-12)18(9-3-8-16)10-4-5-10/h6-7,10-11,14H,2-5,9,17H2,1H3. The highest BCUT2D eigenvalue weighted by Crippen LogP contribution is 2.39. The van der Waals surface area contributed by atoms with Crippen molar-refractivity contribution in [1.82, 2.24) is 4.90 Å². The van der Waals surface area contributed by atoms with E-state index in [9.17, 15) is 0 Å². The number of nitrogens with two attached hydrogens (primary N) is 1. The molecule has 1 aliphatic carbocycles. The van der Waals surface area contributed by atoms with Gasteiger partial charge in [-0.2, -0.15) is 5.26 Å².